The van der Waals surface area contributed by atoms with Crippen LogP contribution >= 0.6 is 0 Å². The van der Waals surface area contributed by atoms with E-state index in [1.165, 1.54) is 48.7 Å². The summed E-state index contributed by atoms with van der Waals surface area (Å²) >= 11 is 0. The molecule has 2 heteroatoms. The van der Waals surface area contributed by atoms with Gasteiger partial charge in [-0.15, -0.1) is 0 Å². The van der Waals surface area contributed by atoms with Crippen LogP contribution in [0.15, 0.2) is 42.5 Å². The minimum absolute atomic E-state index is 0.128. The molecule has 0 aliphatic carbocycles. The van der Waals surface area contributed by atoms with Crippen molar-refractivity contribution >= 4 is 10.8 Å². The van der Waals surface area contributed by atoms with Gasteiger partial charge in [0.25, 0.3) is 0 Å². The molecule has 1 unspecified atom stereocenters. The fraction of sp³-hybridized carbons (Fsp3) is 0.412. The van der Waals surface area contributed by atoms with Crippen molar-refractivity contribution in [3.63, 3.8) is 0 Å². The van der Waals surface area contributed by atoms with Crippen LogP contribution in [-0.4, -0.2) is 24.5 Å². The molecule has 2 aromatic rings. The van der Waals surface area contributed by atoms with Gasteiger partial charge in [0.05, 0.1) is 0 Å². The zero-order valence-electron chi connectivity index (χ0n) is 11.4. The molecular weight excluding hydrogens is 232 g/mol. The second-order valence-corrected chi connectivity index (χ2v) is 5.57. The molecule has 100 valence electrons. The number of piperidine rings is 1. The van der Waals surface area contributed by atoms with Gasteiger partial charge in [-0.1, -0.05) is 42.8 Å². The van der Waals surface area contributed by atoms with Crippen molar-refractivity contribution in [3.8, 4) is 0 Å². The van der Waals surface area contributed by atoms with E-state index in [4.69, 9.17) is 5.73 Å². The first-order chi connectivity index (χ1) is 9.33. The number of hydrogen-bond acceptors (Lipinski definition) is 2. The number of nitrogens with zero attached hydrogens (tertiary/aromatic N) is 1. The Balaban J connectivity index is 1.75. The van der Waals surface area contributed by atoms with Gasteiger partial charge >= 0.3 is 0 Å². The number of likely N-dealkylation sites (tertiary alicyclic amines) is 1. The molecule has 1 aliphatic rings. The highest BCUT2D eigenvalue weighted by molar-refractivity contribution is 5.83. The lowest BCUT2D eigenvalue weighted by atomic mass is 10.0. The van der Waals surface area contributed by atoms with E-state index < -0.39 is 0 Å². The largest absolute Gasteiger partial charge is 0.323 e. The lowest BCUT2D eigenvalue weighted by Gasteiger charge is -2.29. The molecule has 2 N–H and O–H groups in total. The van der Waals surface area contributed by atoms with E-state index in [0.29, 0.717) is 0 Å². The SMILES string of the molecule is NC(CN1CCCCC1)c1ccc2ccccc2c1. The molecule has 1 saturated heterocycles. The molecule has 1 atom stereocenters. The molecule has 1 fully saturated rings. The van der Waals surface area contributed by atoms with E-state index >= 15 is 0 Å². The number of benzene rings is 2. The summed E-state index contributed by atoms with van der Waals surface area (Å²) in [4.78, 5) is 2.50. The maximum absolute atomic E-state index is 6.38. The summed E-state index contributed by atoms with van der Waals surface area (Å²) in [6, 6.07) is 15.2. The Morgan fingerprint density at radius 3 is 2.47 bits per heavy atom. The molecule has 0 amide bonds. The van der Waals surface area contributed by atoms with Crippen molar-refractivity contribution in [1.82, 2.24) is 4.90 Å². The van der Waals surface area contributed by atoms with Gasteiger partial charge in [0.2, 0.25) is 0 Å². The molecule has 0 aromatic heterocycles. The van der Waals surface area contributed by atoms with Gasteiger partial charge in [0, 0.05) is 12.6 Å². The summed E-state index contributed by atoms with van der Waals surface area (Å²) in [6.07, 6.45) is 4.02. The molecular formula is C17H22N2. The Bertz CT molecular complexity index is 544. The van der Waals surface area contributed by atoms with Gasteiger partial charge in [-0.2, -0.15) is 0 Å². The highest BCUT2D eigenvalue weighted by Gasteiger charge is 2.15. The van der Waals surface area contributed by atoms with Crippen molar-refractivity contribution in [2.45, 2.75) is 25.3 Å². The van der Waals surface area contributed by atoms with Crippen LogP contribution in [0.4, 0.5) is 0 Å². The number of rotatable bonds is 3. The Morgan fingerprint density at radius 1 is 0.947 bits per heavy atom. The average molecular weight is 254 g/mol. The van der Waals surface area contributed by atoms with E-state index in [1.54, 1.807) is 0 Å². The highest BCUT2D eigenvalue weighted by atomic mass is 15.1. The Kier molecular flexibility index (Phi) is 3.81. The molecule has 3 rings (SSSR count). The molecule has 1 heterocycles. The van der Waals surface area contributed by atoms with Crippen molar-refractivity contribution in [1.29, 1.82) is 0 Å². The Labute approximate surface area is 115 Å². The fourth-order valence-corrected chi connectivity index (χ4v) is 2.96. The maximum Gasteiger partial charge on any atom is 0.0424 e. The molecule has 2 nitrogen and oxygen atoms in total. The molecule has 0 spiro atoms. The second-order valence-electron chi connectivity index (χ2n) is 5.57. The van der Waals surface area contributed by atoms with Gasteiger partial charge < -0.3 is 10.6 Å². The maximum atomic E-state index is 6.38. The van der Waals surface area contributed by atoms with Crippen LogP contribution in [0.2, 0.25) is 0 Å². The van der Waals surface area contributed by atoms with Crippen LogP contribution in [0.3, 0.4) is 0 Å². The van der Waals surface area contributed by atoms with Crippen molar-refractivity contribution in [2.75, 3.05) is 19.6 Å². The fourth-order valence-electron chi connectivity index (χ4n) is 2.96. The average Bonchev–Trinajstić information content (AvgIpc) is 2.48. The van der Waals surface area contributed by atoms with E-state index in [9.17, 15) is 0 Å². The Hall–Kier alpha value is -1.38. The van der Waals surface area contributed by atoms with Gasteiger partial charge in [0.1, 0.15) is 0 Å². The summed E-state index contributed by atoms with van der Waals surface area (Å²) in [5.74, 6) is 0. The number of hydrogen-bond donors (Lipinski definition) is 1. The summed E-state index contributed by atoms with van der Waals surface area (Å²) in [5, 5.41) is 2.57. The van der Waals surface area contributed by atoms with E-state index in [2.05, 4.69) is 47.4 Å². The monoisotopic (exact) mass is 254 g/mol. The van der Waals surface area contributed by atoms with Gasteiger partial charge in [-0.25, -0.2) is 0 Å². The minimum Gasteiger partial charge on any atom is -0.323 e. The minimum atomic E-state index is 0.128. The van der Waals surface area contributed by atoms with Gasteiger partial charge in [0.15, 0.2) is 0 Å². The highest BCUT2D eigenvalue weighted by Crippen LogP contribution is 2.21. The van der Waals surface area contributed by atoms with Crippen molar-refractivity contribution in [3.05, 3.63) is 48.0 Å². The van der Waals surface area contributed by atoms with Crippen LogP contribution in [0.5, 0.6) is 0 Å². The number of nitrogens with two attached hydrogens (primary N) is 1. The third-order valence-electron chi connectivity index (χ3n) is 4.11. The lowest BCUT2D eigenvalue weighted by Crippen LogP contribution is -2.36. The summed E-state index contributed by atoms with van der Waals surface area (Å²) < 4.78 is 0. The van der Waals surface area contributed by atoms with Crippen LogP contribution in [0, 0.1) is 0 Å². The zero-order valence-corrected chi connectivity index (χ0v) is 11.4. The standard InChI is InChI=1S/C17H22N2/c18-17(13-19-10-4-1-5-11-19)16-9-8-14-6-2-3-7-15(14)12-16/h2-3,6-9,12,17H,1,4-5,10-11,13,18H2. The zero-order chi connectivity index (χ0) is 13.1. The van der Waals surface area contributed by atoms with Crippen LogP contribution in [-0.2, 0) is 0 Å². The topological polar surface area (TPSA) is 29.3 Å². The molecule has 2 aromatic carbocycles. The third kappa shape index (κ3) is 2.96. The Morgan fingerprint density at radius 2 is 1.68 bits per heavy atom. The van der Waals surface area contributed by atoms with E-state index in [1.807, 2.05) is 0 Å². The van der Waals surface area contributed by atoms with Crippen LogP contribution in [0.25, 0.3) is 10.8 Å². The summed E-state index contributed by atoms with van der Waals surface area (Å²) in [7, 11) is 0. The lowest BCUT2D eigenvalue weighted by molar-refractivity contribution is 0.216. The smallest absolute Gasteiger partial charge is 0.0424 e. The molecule has 0 bridgehead atoms. The predicted molar refractivity (Wildman–Crippen MR) is 81.2 cm³/mol. The second kappa shape index (κ2) is 5.72. The molecule has 0 saturated carbocycles. The van der Waals surface area contributed by atoms with Gasteiger partial charge in [-0.05, 0) is 48.3 Å². The first-order valence-corrected chi connectivity index (χ1v) is 7.29. The normalized spacial score (nSPS) is 18.6. The molecule has 19 heavy (non-hydrogen) atoms. The van der Waals surface area contributed by atoms with E-state index in [-0.39, 0.29) is 6.04 Å². The molecule has 1 aliphatic heterocycles. The van der Waals surface area contributed by atoms with Crippen LogP contribution in [0.1, 0.15) is 30.9 Å². The van der Waals surface area contributed by atoms with Gasteiger partial charge in [-0.3, -0.25) is 0 Å². The first kappa shape index (κ1) is 12.6. The third-order valence-corrected chi connectivity index (χ3v) is 4.11. The van der Waals surface area contributed by atoms with Crippen molar-refractivity contribution in [2.24, 2.45) is 5.73 Å². The summed E-state index contributed by atoms with van der Waals surface area (Å²) in [5.41, 5.74) is 7.63. The van der Waals surface area contributed by atoms with Crippen molar-refractivity contribution < 1.29 is 0 Å². The predicted octanol–water partition coefficient (Wildman–Crippen LogP) is 3.33. The van der Waals surface area contributed by atoms with E-state index in [0.717, 1.165) is 6.54 Å². The number of fused-ring (bicyclic) bond motifs is 1. The summed E-state index contributed by atoms with van der Waals surface area (Å²) in [6.45, 7) is 3.40. The van der Waals surface area contributed by atoms with Crippen LogP contribution < -0.4 is 5.73 Å². The first-order valence-electron chi connectivity index (χ1n) is 7.29. The molecule has 0 radical (unpaired) electrons. The quantitative estimate of drug-likeness (QED) is 0.910.